The van der Waals surface area contributed by atoms with Crippen LogP contribution >= 0.6 is 22.7 Å². The number of hydrogen-bond acceptors (Lipinski definition) is 2. The minimum atomic E-state index is -0.251. The molecule has 0 amide bonds. The Hall–Kier alpha value is -8.40. The highest BCUT2D eigenvalue weighted by atomic mass is 32.1. The van der Waals surface area contributed by atoms with Gasteiger partial charge in [-0.05, 0) is 170 Å². The summed E-state index contributed by atoms with van der Waals surface area (Å²) in [5.41, 5.74) is 26.4. The summed E-state index contributed by atoms with van der Waals surface area (Å²) in [5, 5.41) is 10.6. The zero-order valence-electron chi connectivity index (χ0n) is 45.1. The molecule has 0 bridgehead atoms. The van der Waals surface area contributed by atoms with Crippen LogP contribution in [0.3, 0.4) is 0 Å². The van der Waals surface area contributed by atoms with Crippen molar-refractivity contribution in [1.29, 1.82) is 0 Å². The third kappa shape index (κ3) is 6.03. The largest absolute Gasteiger partial charge is 0.135 e. The van der Waals surface area contributed by atoms with Gasteiger partial charge >= 0.3 is 0 Å². The molecular formula is C77H54S2. The highest BCUT2D eigenvalue weighted by Crippen LogP contribution is 2.62. The van der Waals surface area contributed by atoms with Crippen molar-refractivity contribution in [3.63, 3.8) is 0 Å². The molecule has 0 aliphatic heterocycles. The molecule has 374 valence electrons. The van der Waals surface area contributed by atoms with Gasteiger partial charge in [-0.3, -0.25) is 0 Å². The molecule has 0 radical (unpaired) electrons. The Balaban J connectivity index is 0.839. The van der Waals surface area contributed by atoms with Gasteiger partial charge < -0.3 is 0 Å². The third-order valence-corrected chi connectivity index (χ3v) is 21.5. The molecule has 3 aliphatic carbocycles. The second-order valence-corrected chi connectivity index (χ2v) is 26.3. The fourth-order valence-electron chi connectivity index (χ4n) is 15.1. The van der Waals surface area contributed by atoms with Gasteiger partial charge in [0.05, 0.1) is 0 Å². The van der Waals surface area contributed by atoms with E-state index in [2.05, 4.69) is 260 Å². The van der Waals surface area contributed by atoms with Crippen LogP contribution in [-0.4, -0.2) is 0 Å². The first-order chi connectivity index (χ1) is 38.5. The Bertz CT molecular complexity index is 4700. The topological polar surface area (TPSA) is 0 Å². The number of benzene rings is 12. The summed E-state index contributed by atoms with van der Waals surface area (Å²) in [5.74, 6) is 0. The Morgan fingerprint density at radius 3 is 0.962 bits per heavy atom. The number of fused-ring (bicyclic) bond motifs is 19. The van der Waals surface area contributed by atoms with Gasteiger partial charge in [-0.1, -0.05) is 211 Å². The molecule has 2 heteroatoms. The van der Waals surface area contributed by atoms with E-state index in [9.17, 15) is 0 Å². The van der Waals surface area contributed by atoms with E-state index in [-0.39, 0.29) is 16.2 Å². The molecule has 14 aromatic rings. The van der Waals surface area contributed by atoms with E-state index in [0.717, 1.165) is 0 Å². The number of hydrogen-bond donors (Lipinski definition) is 0. The monoisotopic (exact) mass is 1040 g/mol. The molecular weight excluding hydrogens is 989 g/mol. The molecule has 2 heterocycles. The molecule has 12 aromatic carbocycles. The third-order valence-electron chi connectivity index (χ3n) is 19.1. The summed E-state index contributed by atoms with van der Waals surface area (Å²) in [4.78, 5) is 0. The van der Waals surface area contributed by atoms with E-state index in [4.69, 9.17) is 0 Å². The van der Waals surface area contributed by atoms with Crippen LogP contribution in [0.4, 0.5) is 0 Å². The van der Waals surface area contributed by atoms with E-state index < -0.39 is 0 Å². The van der Waals surface area contributed by atoms with Gasteiger partial charge in [-0.15, -0.1) is 22.7 Å². The van der Waals surface area contributed by atoms with E-state index >= 15 is 0 Å². The van der Waals surface area contributed by atoms with E-state index in [1.165, 1.54) is 173 Å². The summed E-state index contributed by atoms with van der Waals surface area (Å²) < 4.78 is 5.36. The van der Waals surface area contributed by atoms with E-state index in [1.54, 1.807) is 0 Å². The van der Waals surface area contributed by atoms with Crippen molar-refractivity contribution in [2.45, 2.75) is 57.8 Å². The van der Waals surface area contributed by atoms with Crippen LogP contribution in [0.5, 0.6) is 0 Å². The maximum absolute atomic E-state index is 2.62. The summed E-state index contributed by atoms with van der Waals surface area (Å²) in [6, 6.07) is 83.7. The van der Waals surface area contributed by atoms with Gasteiger partial charge in [-0.2, -0.15) is 0 Å². The van der Waals surface area contributed by atoms with Gasteiger partial charge in [-0.25, -0.2) is 0 Å². The second-order valence-electron chi connectivity index (χ2n) is 24.2. The number of rotatable bonds is 4. The lowest BCUT2D eigenvalue weighted by molar-refractivity contribution is 0.649. The molecule has 0 N–H and O–H groups in total. The van der Waals surface area contributed by atoms with Crippen molar-refractivity contribution < 1.29 is 0 Å². The zero-order valence-corrected chi connectivity index (χ0v) is 46.7. The first kappa shape index (κ1) is 45.6. The van der Waals surface area contributed by atoms with Crippen molar-refractivity contribution in [1.82, 2.24) is 0 Å². The predicted molar refractivity (Wildman–Crippen MR) is 342 cm³/mol. The van der Waals surface area contributed by atoms with Crippen LogP contribution in [-0.2, 0) is 16.2 Å². The van der Waals surface area contributed by atoms with Gasteiger partial charge in [0.25, 0.3) is 0 Å². The van der Waals surface area contributed by atoms with Crippen LogP contribution in [0.25, 0.3) is 140 Å². The van der Waals surface area contributed by atoms with Crippen molar-refractivity contribution >= 4 is 84.6 Å². The van der Waals surface area contributed by atoms with Crippen molar-refractivity contribution in [3.8, 4) is 77.9 Å². The van der Waals surface area contributed by atoms with Gasteiger partial charge in [0.1, 0.15) is 0 Å². The summed E-state index contributed by atoms with van der Waals surface area (Å²) >= 11 is 3.85. The lowest BCUT2D eigenvalue weighted by atomic mass is 9.78. The average Bonchev–Trinajstić information content (AvgIpc) is 2.78. The molecule has 0 nitrogen and oxygen atoms in total. The molecule has 3 aliphatic rings. The zero-order chi connectivity index (χ0) is 52.8. The van der Waals surface area contributed by atoms with Gasteiger partial charge in [0.15, 0.2) is 0 Å². The highest BCUT2D eigenvalue weighted by Gasteiger charge is 2.46. The first-order valence-corrected chi connectivity index (χ1v) is 29.6. The molecule has 0 saturated carbocycles. The van der Waals surface area contributed by atoms with E-state index in [0.29, 0.717) is 0 Å². The van der Waals surface area contributed by atoms with Crippen molar-refractivity contribution in [3.05, 3.63) is 252 Å². The summed E-state index contributed by atoms with van der Waals surface area (Å²) in [7, 11) is 0. The fraction of sp³-hybridized carbons (Fsp3) is 0.117. The lowest BCUT2D eigenvalue weighted by Gasteiger charge is -2.25. The molecule has 17 rings (SSSR count). The predicted octanol–water partition coefficient (Wildman–Crippen LogP) is 22.3. The van der Waals surface area contributed by atoms with Crippen molar-refractivity contribution in [2.24, 2.45) is 0 Å². The molecule has 0 unspecified atom stereocenters. The lowest BCUT2D eigenvalue weighted by Crippen LogP contribution is -2.17. The summed E-state index contributed by atoms with van der Waals surface area (Å²) in [6.07, 6.45) is 0. The van der Waals surface area contributed by atoms with Gasteiger partial charge in [0, 0.05) is 67.7 Å². The van der Waals surface area contributed by atoms with Crippen LogP contribution in [0.1, 0.15) is 74.9 Å². The second kappa shape index (κ2) is 15.9. The standard InChI is InChI=1S/C77H54S2/c1-75(2)61-41-59-63(76(3,4)65-37-55(45-25-13-15-29-49(45)71(59)65)51-33-35-53-47-27-17-19-31-67(47)78-73(53)69(51)43-21-9-7-10-22-43)39-57(61)58-40-64-60(42-62(58)75)72-50-30-16-14-26-46(50)56(38-66(72)77(64,5)6)52-34-36-54-48-28-18-20-32-68(48)79-74(54)70(52)44-23-11-8-12-24-44/h7-42H,1-6H3. The Morgan fingerprint density at radius 1 is 0.228 bits per heavy atom. The Kier molecular flexibility index (Phi) is 9.17. The van der Waals surface area contributed by atoms with Crippen molar-refractivity contribution in [2.75, 3.05) is 0 Å². The highest BCUT2D eigenvalue weighted by molar-refractivity contribution is 7.26. The van der Waals surface area contributed by atoms with E-state index in [1.807, 2.05) is 22.7 Å². The maximum atomic E-state index is 2.62. The molecule has 2 aromatic heterocycles. The molecule has 79 heavy (non-hydrogen) atoms. The fourth-order valence-corrected chi connectivity index (χ4v) is 17.7. The smallest absolute Gasteiger partial charge is 0.0440 e. The minimum Gasteiger partial charge on any atom is -0.135 e. The first-order valence-electron chi connectivity index (χ1n) is 28.0. The van der Waals surface area contributed by atoms with Crippen LogP contribution < -0.4 is 0 Å². The van der Waals surface area contributed by atoms with Crippen LogP contribution in [0, 0.1) is 0 Å². The van der Waals surface area contributed by atoms with Crippen LogP contribution in [0.2, 0.25) is 0 Å². The average molecular weight is 1040 g/mol. The normalized spacial score (nSPS) is 15.0. The Morgan fingerprint density at radius 2 is 0.544 bits per heavy atom. The van der Waals surface area contributed by atoms with Gasteiger partial charge in [0.2, 0.25) is 0 Å². The van der Waals surface area contributed by atoms with Crippen LogP contribution in [0.15, 0.2) is 218 Å². The molecule has 0 spiro atoms. The quantitative estimate of drug-likeness (QED) is 0.165. The Labute approximate surface area is 468 Å². The molecule has 0 saturated heterocycles. The minimum absolute atomic E-state index is 0.228. The number of thiophene rings is 2. The summed E-state index contributed by atoms with van der Waals surface area (Å²) in [6.45, 7) is 14.9. The molecule has 0 atom stereocenters. The molecule has 0 fully saturated rings. The SMILES string of the molecule is CC1(C)c2cc3c(cc2-c2cc4c(cc21)-c1c(cc(-c2ccc5c(sc6ccccc65)c2-c2ccccc2)c2ccccc12)C4(C)C)C(C)(C)c1cc(-c2ccc4c(sc5ccccc54)c2-c2ccccc2)c2ccccc2c1-3. The maximum Gasteiger partial charge on any atom is 0.0440 e.